The lowest BCUT2D eigenvalue weighted by atomic mass is 10.1. The molecule has 3 aromatic carbocycles. The Kier molecular flexibility index (Phi) is 8.00. The molecule has 8 heteroatoms. The number of rotatable bonds is 9. The first-order valence-electron chi connectivity index (χ1n) is 11.3. The maximum absolute atomic E-state index is 12.8. The second-order valence-electron chi connectivity index (χ2n) is 8.42. The van der Waals surface area contributed by atoms with Gasteiger partial charge in [0.2, 0.25) is 0 Å². The van der Waals surface area contributed by atoms with Crippen LogP contribution in [0.1, 0.15) is 22.3 Å². The quantitative estimate of drug-likeness (QED) is 0.440. The molecule has 0 amide bonds. The van der Waals surface area contributed by atoms with E-state index in [0.29, 0.717) is 29.2 Å². The summed E-state index contributed by atoms with van der Waals surface area (Å²) >= 11 is 5.84. The van der Waals surface area contributed by atoms with Crippen LogP contribution in [0.2, 0.25) is 5.02 Å². The van der Waals surface area contributed by atoms with Crippen LogP contribution >= 0.6 is 11.6 Å². The number of nitrogens with one attached hydrogen (secondary N) is 1. The van der Waals surface area contributed by atoms with Gasteiger partial charge in [-0.15, -0.1) is 0 Å². The van der Waals surface area contributed by atoms with Gasteiger partial charge in [-0.1, -0.05) is 54.1 Å². The van der Waals surface area contributed by atoms with Crippen molar-refractivity contribution in [1.82, 2.24) is 9.80 Å². The Morgan fingerprint density at radius 3 is 2.24 bits per heavy atom. The van der Waals surface area contributed by atoms with Crippen LogP contribution in [-0.4, -0.2) is 56.7 Å². The molecule has 0 atom stereocenters. The van der Waals surface area contributed by atoms with Crippen molar-refractivity contribution >= 4 is 33.1 Å². The van der Waals surface area contributed by atoms with Crippen LogP contribution in [0, 0.1) is 0 Å². The zero-order valence-electron chi connectivity index (χ0n) is 18.9. The Morgan fingerprint density at radius 1 is 0.853 bits per heavy atom. The minimum atomic E-state index is -3.76. The summed E-state index contributed by atoms with van der Waals surface area (Å²) in [5.74, 6) is -0.000689. The van der Waals surface area contributed by atoms with E-state index in [1.165, 1.54) is 29.8 Å². The van der Waals surface area contributed by atoms with E-state index in [9.17, 15) is 13.2 Å². The number of carbonyl (C=O) groups is 1. The van der Waals surface area contributed by atoms with Crippen molar-refractivity contribution in [3.63, 3.8) is 0 Å². The lowest BCUT2D eigenvalue weighted by Crippen LogP contribution is -2.46. The van der Waals surface area contributed by atoms with Crippen molar-refractivity contribution in [1.29, 1.82) is 0 Å². The van der Waals surface area contributed by atoms with Gasteiger partial charge in [0.05, 0.1) is 4.90 Å². The maximum Gasteiger partial charge on any atom is 0.261 e. The maximum atomic E-state index is 12.8. The van der Waals surface area contributed by atoms with Crippen LogP contribution in [0.25, 0.3) is 0 Å². The highest BCUT2D eigenvalue weighted by molar-refractivity contribution is 7.92. The third kappa shape index (κ3) is 6.67. The molecule has 4 rings (SSSR count). The molecule has 34 heavy (non-hydrogen) atoms. The Balaban J connectivity index is 1.28. The summed E-state index contributed by atoms with van der Waals surface area (Å²) in [5.41, 5.74) is 2.17. The first-order chi connectivity index (χ1) is 16.4. The number of piperazine rings is 1. The Bertz CT molecular complexity index is 1210. The van der Waals surface area contributed by atoms with Crippen molar-refractivity contribution in [2.75, 3.05) is 37.4 Å². The van der Waals surface area contributed by atoms with Gasteiger partial charge in [-0.25, -0.2) is 8.42 Å². The fourth-order valence-electron chi connectivity index (χ4n) is 4.00. The van der Waals surface area contributed by atoms with Crippen molar-refractivity contribution in [3.05, 3.63) is 95.0 Å². The number of hydrogen-bond acceptors (Lipinski definition) is 5. The van der Waals surface area contributed by atoms with Gasteiger partial charge < -0.3 is 4.90 Å². The molecule has 0 bridgehead atoms. The second kappa shape index (κ2) is 11.1. The molecule has 1 N–H and O–H groups in total. The summed E-state index contributed by atoms with van der Waals surface area (Å²) in [6, 6.07) is 23.0. The summed E-state index contributed by atoms with van der Waals surface area (Å²) in [7, 11) is -3.76. The van der Waals surface area contributed by atoms with Crippen LogP contribution < -0.4 is 4.72 Å². The largest absolute Gasteiger partial charge is 0.300 e. The van der Waals surface area contributed by atoms with E-state index in [-0.39, 0.29) is 10.7 Å². The smallest absolute Gasteiger partial charge is 0.261 e. The molecular weight excluding hydrogens is 470 g/mol. The molecule has 0 aliphatic carbocycles. The molecule has 6 nitrogen and oxygen atoms in total. The van der Waals surface area contributed by atoms with Gasteiger partial charge in [-0.05, 0) is 42.0 Å². The molecule has 1 saturated heterocycles. The normalized spacial score (nSPS) is 15.2. The van der Waals surface area contributed by atoms with Gasteiger partial charge in [0, 0.05) is 62.0 Å². The zero-order valence-corrected chi connectivity index (χ0v) is 20.4. The van der Waals surface area contributed by atoms with Gasteiger partial charge >= 0.3 is 0 Å². The molecule has 3 aromatic rings. The Morgan fingerprint density at radius 2 is 1.53 bits per heavy atom. The fraction of sp³-hybridized carbons (Fsp3) is 0.269. The van der Waals surface area contributed by atoms with Gasteiger partial charge in [0.15, 0.2) is 5.78 Å². The molecule has 0 spiro atoms. The van der Waals surface area contributed by atoms with E-state index in [1.54, 1.807) is 24.3 Å². The molecule has 0 aromatic heterocycles. The number of benzene rings is 3. The highest BCUT2D eigenvalue weighted by Crippen LogP contribution is 2.20. The Labute approximate surface area is 206 Å². The number of nitrogens with zero attached hydrogens (tertiary/aromatic N) is 2. The number of sulfonamides is 1. The number of halogens is 1. The van der Waals surface area contributed by atoms with E-state index in [4.69, 9.17) is 11.6 Å². The average Bonchev–Trinajstić information content (AvgIpc) is 2.84. The standard InChI is InChI=1S/C26H28ClN3O3S/c27-23-9-11-25(12-10-23)34(32,33)28-24-8-4-7-22(19-24)26(31)13-14-29-15-17-30(18-16-29)20-21-5-2-1-3-6-21/h1-12,19,28H,13-18,20H2. The number of ketones is 1. The van der Waals surface area contributed by atoms with E-state index < -0.39 is 10.0 Å². The number of Topliss-reactive ketones (excluding diaryl/α,β-unsaturated/α-hetero) is 1. The first-order valence-corrected chi connectivity index (χ1v) is 13.2. The predicted octanol–water partition coefficient (Wildman–Crippen LogP) is 4.53. The highest BCUT2D eigenvalue weighted by atomic mass is 35.5. The molecule has 0 unspecified atom stereocenters. The average molecular weight is 498 g/mol. The second-order valence-corrected chi connectivity index (χ2v) is 10.5. The summed E-state index contributed by atoms with van der Waals surface area (Å²) in [6.45, 7) is 5.46. The van der Waals surface area contributed by atoms with E-state index in [1.807, 2.05) is 6.07 Å². The summed E-state index contributed by atoms with van der Waals surface area (Å²) in [5, 5.41) is 0.462. The van der Waals surface area contributed by atoms with Crippen LogP contribution in [0.3, 0.4) is 0 Å². The van der Waals surface area contributed by atoms with Gasteiger partial charge in [0.25, 0.3) is 10.0 Å². The molecule has 1 aliphatic heterocycles. The van der Waals surface area contributed by atoms with E-state index in [0.717, 1.165) is 32.7 Å². The summed E-state index contributed by atoms with van der Waals surface area (Å²) in [6.07, 6.45) is 0.395. The minimum absolute atomic E-state index is 0.000689. The summed E-state index contributed by atoms with van der Waals surface area (Å²) < 4.78 is 27.8. The molecule has 0 saturated carbocycles. The fourth-order valence-corrected chi connectivity index (χ4v) is 5.18. The molecule has 178 valence electrons. The number of carbonyl (C=O) groups excluding carboxylic acids is 1. The van der Waals surface area contributed by atoms with Crippen molar-refractivity contribution < 1.29 is 13.2 Å². The molecule has 1 heterocycles. The lowest BCUT2D eigenvalue weighted by Gasteiger charge is -2.34. The van der Waals surface area contributed by atoms with E-state index in [2.05, 4.69) is 38.8 Å². The topological polar surface area (TPSA) is 69.7 Å². The third-order valence-corrected chi connectivity index (χ3v) is 7.58. The van der Waals surface area contributed by atoms with Gasteiger partial charge in [-0.2, -0.15) is 0 Å². The predicted molar refractivity (Wildman–Crippen MR) is 136 cm³/mol. The molecule has 1 fully saturated rings. The zero-order chi connectivity index (χ0) is 24.0. The van der Waals surface area contributed by atoms with Crippen LogP contribution in [0.15, 0.2) is 83.8 Å². The molecular formula is C26H28ClN3O3S. The Hall–Kier alpha value is -2.71. The van der Waals surface area contributed by atoms with Crippen LogP contribution in [-0.2, 0) is 16.6 Å². The van der Waals surface area contributed by atoms with Crippen LogP contribution in [0.4, 0.5) is 5.69 Å². The minimum Gasteiger partial charge on any atom is -0.300 e. The van der Waals surface area contributed by atoms with Gasteiger partial charge in [0.1, 0.15) is 0 Å². The highest BCUT2D eigenvalue weighted by Gasteiger charge is 2.19. The van der Waals surface area contributed by atoms with Crippen LogP contribution in [0.5, 0.6) is 0 Å². The van der Waals surface area contributed by atoms with Gasteiger partial charge in [-0.3, -0.25) is 14.4 Å². The monoisotopic (exact) mass is 497 g/mol. The van der Waals surface area contributed by atoms with E-state index >= 15 is 0 Å². The first kappa shape index (κ1) is 24.4. The molecule has 0 radical (unpaired) electrons. The number of hydrogen-bond donors (Lipinski definition) is 1. The van der Waals surface area contributed by atoms with Crippen molar-refractivity contribution in [2.24, 2.45) is 0 Å². The molecule has 1 aliphatic rings. The number of anilines is 1. The summed E-state index contributed by atoms with van der Waals surface area (Å²) in [4.78, 5) is 17.6. The van der Waals surface area contributed by atoms with Crippen molar-refractivity contribution in [2.45, 2.75) is 17.9 Å². The third-order valence-electron chi connectivity index (χ3n) is 5.93. The lowest BCUT2D eigenvalue weighted by molar-refractivity contribution is 0.0922. The van der Waals surface area contributed by atoms with Crippen molar-refractivity contribution in [3.8, 4) is 0 Å². The SMILES string of the molecule is O=C(CCN1CCN(Cc2ccccc2)CC1)c1cccc(NS(=O)(=O)c2ccc(Cl)cc2)c1.